The zero-order valence-electron chi connectivity index (χ0n) is 8.50. The van der Waals surface area contributed by atoms with Crippen LogP contribution in [0, 0.1) is 0 Å². The molecule has 80 valence electrons. The average molecular weight is 286 g/mol. The first-order valence-electron chi connectivity index (χ1n) is 4.87. The van der Waals surface area contributed by atoms with Crippen molar-refractivity contribution in [3.05, 3.63) is 23.8 Å². The molecule has 0 aromatic heterocycles. The van der Waals surface area contributed by atoms with Crippen molar-refractivity contribution in [1.29, 1.82) is 0 Å². The van der Waals surface area contributed by atoms with E-state index in [1.54, 1.807) is 11.9 Å². The maximum atomic E-state index is 11.1. The topological polar surface area (TPSA) is 20.3 Å². The van der Waals surface area contributed by atoms with Crippen LogP contribution >= 0.6 is 27.7 Å². The standard InChI is InChI=1S/C11H12BrNOS/c1-13(11(12)14)9-4-5-10-8(7-9)3-2-6-15-10/h4-5,7H,2-3,6H2,1H3. The van der Waals surface area contributed by atoms with Gasteiger partial charge in [-0.2, -0.15) is 0 Å². The highest BCUT2D eigenvalue weighted by atomic mass is 79.9. The molecule has 0 saturated carbocycles. The lowest BCUT2D eigenvalue weighted by Gasteiger charge is -2.19. The molecule has 4 heteroatoms. The van der Waals surface area contributed by atoms with Gasteiger partial charge >= 0.3 is 0 Å². The first-order chi connectivity index (χ1) is 7.18. The lowest BCUT2D eigenvalue weighted by molar-refractivity contribution is 0.267. The fraction of sp³-hybridized carbons (Fsp3) is 0.364. The number of anilines is 1. The van der Waals surface area contributed by atoms with Gasteiger partial charge in [-0.1, -0.05) is 0 Å². The van der Waals surface area contributed by atoms with Gasteiger partial charge in [-0.05, 0) is 42.4 Å². The number of amides is 1. The number of carbonyl (C=O) groups is 1. The van der Waals surface area contributed by atoms with Gasteiger partial charge in [0.2, 0.25) is 0 Å². The van der Waals surface area contributed by atoms with Crippen LogP contribution in [0.5, 0.6) is 0 Å². The average Bonchev–Trinajstić information content (AvgIpc) is 2.27. The number of fused-ring (bicyclic) bond motifs is 1. The summed E-state index contributed by atoms with van der Waals surface area (Å²) in [5.41, 5.74) is 2.32. The molecule has 1 aliphatic rings. The van der Waals surface area contributed by atoms with Gasteiger partial charge in [-0.25, -0.2) is 0 Å². The molecule has 0 atom stereocenters. The number of nitrogens with zero attached hydrogens (tertiary/aromatic N) is 1. The van der Waals surface area contributed by atoms with Crippen molar-refractivity contribution in [3.8, 4) is 0 Å². The molecule has 0 fully saturated rings. The van der Waals surface area contributed by atoms with E-state index in [1.807, 2.05) is 17.8 Å². The van der Waals surface area contributed by atoms with Crippen molar-refractivity contribution in [2.45, 2.75) is 17.7 Å². The van der Waals surface area contributed by atoms with Crippen molar-refractivity contribution in [1.82, 2.24) is 0 Å². The molecule has 1 amide bonds. The highest BCUT2D eigenvalue weighted by Crippen LogP contribution is 2.32. The molecule has 0 aliphatic carbocycles. The molecule has 0 unspecified atom stereocenters. The van der Waals surface area contributed by atoms with Gasteiger partial charge in [0.1, 0.15) is 0 Å². The van der Waals surface area contributed by atoms with Crippen LogP contribution in [0.2, 0.25) is 0 Å². The Morgan fingerprint density at radius 3 is 3.07 bits per heavy atom. The predicted molar refractivity (Wildman–Crippen MR) is 68.2 cm³/mol. The summed E-state index contributed by atoms with van der Waals surface area (Å²) in [5.74, 6) is 1.21. The van der Waals surface area contributed by atoms with E-state index in [9.17, 15) is 4.79 Å². The Balaban J connectivity index is 2.31. The van der Waals surface area contributed by atoms with Crippen LogP contribution in [0.3, 0.4) is 0 Å². The number of thioether (sulfide) groups is 1. The molecule has 1 aliphatic heterocycles. The molecule has 0 bridgehead atoms. The van der Waals surface area contributed by atoms with Crippen molar-refractivity contribution >= 4 is 38.2 Å². The summed E-state index contributed by atoms with van der Waals surface area (Å²) < 4.78 is 0. The smallest absolute Gasteiger partial charge is 0.293 e. The van der Waals surface area contributed by atoms with Gasteiger partial charge in [0.05, 0.1) is 0 Å². The molecular weight excluding hydrogens is 274 g/mol. The largest absolute Gasteiger partial charge is 0.306 e. The van der Waals surface area contributed by atoms with E-state index in [1.165, 1.54) is 22.6 Å². The van der Waals surface area contributed by atoms with E-state index >= 15 is 0 Å². The summed E-state index contributed by atoms with van der Waals surface area (Å²) in [6.45, 7) is 0. The Hall–Kier alpha value is -0.480. The third-order valence-corrected chi connectivity index (χ3v) is 4.28. The number of rotatable bonds is 1. The Bertz CT molecular complexity index is 394. The van der Waals surface area contributed by atoms with Gasteiger partial charge in [0, 0.05) is 33.6 Å². The summed E-state index contributed by atoms with van der Waals surface area (Å²) >= 11 is 4.86. The maximum absolute atomic E-state index is 11.1. The fourth-order valence-corrected chi connectivity index (χ4v) is 2.88. The molecule has 0 N–H and O–H groups in total. The summed E-state index contributed by atoms with van der Waals surface area (Å²) in [4.78, 5) is 14.0. The zero-order valence-corrected chi connectivity index (χ0v) is 10.9. The van der Waals surface area contributed by atoms with E-state index in [0.717, 1.165) is 12.1 Å². The van der Waals surface area contributed by atoms with Crippen LogP contribution in [-0.4, -0.2) is 17.6 Å². The number of aryl methyl sites for hydroxylation is 1. The minimum atomic E-state index is -0.106. The summed E-state index contributed by atoms with van der Waals surface area (Å²) in [5, 5.41) is 0. The molecule has 0 spiro atoms. The Morgan fingerprint density at radius 2 is 2.33 bits per heavy atom. The summed E-state index contributed by atoms with van der Waals surface area (Å²) in [6, 6.07) is 6.22. The van der Waals surface area contributed by atoms with E-state index in [4.69, 9.17) is 0 Å². The Morgan fingerprint density at radius 1 is 1.53 bits per heavy atom. The maximum Gasteiger partial charge on any atom is 0.293 e. The Kier molecular flexibility index (Phi) is 3.36. The van der Waals surface area contributed by atoms with E-state index in [2.05, 4.69) is 28.1 Å². The first kappa shape index (κ1) is 11.0. The molecule has 2 rings (SSSR count). The Labute approximate surface area is 102 Å². The normalized spacial score (nSPS) is 14.5. The van der Waals surface area contributed by atoms with Crippen molar-refractivity contribution < 1.29 is 4.79 Å². The molecule has 1 aromatic rings. The summed E-state index contributed by atoms with van der Waals surface area (Å²) in [7, 11) is 1.77. The van der Waals surface area contributed by atoms with Gasteiger partial charge in [-0.3, -0.25) is 4.79 Å². The third-order valence-electron chi connectivity index (χ3n) is 2.54. The number of benzene rings is 1. The molecule has 1 aromatic carbocycles. The number of halogens is 1. The number of carbonyl (C=O) groups excluding carboxylic acids is 1. The second-order valence-electron chi connectivity index (χ2n) is 3.56. The van der Waals surface area contributed by atoms with Crippen molar-refractivity contribution in [2.75, 3.05) is 17.7 Å². The highest BCUT2D eigenvalue weighted by molar-refractivity contribution is 9.18. The quantitative estimate of drug-likeness (QED) is 0.580. The second-order valence-corrected chi connectivity index (χ2v) is 5.37. The molecular formula is C11H12BrNOS. The van der Waals surface area contributed by atoms with Crippen LogP contribution in [0.15, 0.2) is 23.1 Å². The van der Waals surface area contributed by atoms with Crippen LogP contribution in [0.1, 0.15) is 12.0 Å². The predicted octanol–water partition coefficient (Wildman–Crippen LogP) is 3.68. The lowest BCUT2D eigenvalue weighted by atomic mass is 10.1. The van der Waals surface area contributed by atoms with E-state index in [0.29, 0.717) is 0 Å². The van der Waals surface area contributed by atoms with Crippen LogP contribution in [0.25, 0.3) is 0 Å². The van der Waals surface area contributed by atoms with Gasteiger partial charge in [-0.15, -0.1) is 11.8 Å². The minimum absolute atomic E-state index is 0.106. The molecule has 2 nitrogen and oxygen atoms in total. The molecule has 15 heavy (non-hydrogen) atoms. The minimum Gasteiger partial charge on any atom is -0.306 e. The zero-order chi connectivity index (χ0) is 10.8. The van der Waals surface area contributed by atoms with Crippen LogP contribution in [-0.2, 0) is 6.42 Å². The molecule has 0 saturated heterocycles. The molecule has 0 radical (unpaired) electrons. The van der Waals surface area contributed by atoms with Gasteiger partial charge in [0.25, 0.3) is 4.82 Å². The van der Waals surface area contributed by atoms with E-state index < -0.39 is 0 Å². The van der Waals surface area contributed by atoms with Crippen LogP contribution < -0.4 is 4.90 Å². The lowest BCUT2D eigenvalue weighted by Crippen LogP contribution is -2.19. The SMILES string of the molecule is CN(C(=O)Br)c1ccc2c(c1)CCCS2. The monoisotopic (exact) mass is 285 g/mol. The van der Waals surface area contributed by atoms with Crippen molar-refractivity contribution in [3.63, 3.8) is 0 Å². The third kappa shape index (κ3) is 2.37. The number of hydrogen-bond acceptors (Lipinski definition) is 2. The van der Waals surface area contributed by atoms with Gasteiger partial charge in [0.15, 0.2) is 0 Å². The van der Waals surface area contributed by atoms with Crippen LogP contribution in [0.4, 0.5) is 10.5 Å². The fourth-order valence-electron chi connectivity index (χ4n) is 1.66. The molecule has 1 heterocycles. The number of hydrogen-bond donors (Lipinski definition) is 0. The van der Waals surface area contributed by atoms with E-state index in [-0.39, 0.29) is 4.82 Å². The highest BCUT2D eigenvalue weighted by Gasteiger charge is 2.13. The van der Waals surface area contributed by atoms with Crippen molar-refractivity contribution in [2.24, 2.45) is 0 Å². The van der Waals surface area contributed by atoms with Gasteiger partial charge < -0.3 is 4.90 Å². The summed E-state index contributed by atoms with van der Waals surface area (Å²) in [6.07, 6.45) is 2.35. The first-order valence-corrected chi connectivity index (χ1v) is 6.65. The second kappa shape index (κ2) is 4.58.